The fourth-order valence-electron chi connectivity index (χ4n) is 2.92. The number of alkyl halides is 3. The quantitative estimate of drug-likeness (QED) is 0.554. The van der Waals surface area contributed by atoms with Crippen LogP contribution >= 0.6 is 0 Å². The average Bonchev–Trinajstić information content (AvgIpc) is 3.17. The van der Waals surface area contributed by atoms with E-state index in [1.165, 1.54) is 6.20 Å². The Kier molecular flexibility index (Phi) is 3.70. The van der Waals surface area contributed by atoms with Crippen molar-refractivity contribution < 1.29 is 21.6 Å². The van der Waals surface area contributed by atoms with Crippen molar-refractivity contribution in [3.8, 4) is 0 Å². The molecule has 4 aromatic rings. The molecule has 0 aliphatic heterocycles. The first-order valence-electron chi connectivity index (χ1n) is 7.78. The van der Waals surface area contributed by atoms with Crippen LogP contribution in [0.25, 0.3) is 21.8 Å². The molecule has 0 bridgehead atoms. The van der Waals surface area contributed by atoms with Gasteiger partial charge in [-0.25, -0.2) is 8.42 Å². The van der Waals surface area contributed by atoms with Crippen LogP contribution in [0, 0.1) is 0 Å². The van der Waals surface area contributed by atoms with Gasteiger partial charge < -0.3 is 4.98 Å². The van der Waals surface area contributed by atoms with Gasteiger partial charge in [0.1, 0.15) is 4.90 Å². The first kappa shape index (κ1) is 17.4. The summed E-state index contributed by atoms with van der Waals surface area (Å²) < 4.78 is 68.0. The molecule has 2 N–H and O–H groups in total. The predicted octanol–water partition coefficient (Wildman–Crippen LogP) is 3.87. The zero-order chi connectivity index (χ0) is 19.4. The molecule has 0 amide bonds. The van der Waals surface area contributed by atoms with Gasteiger partial charge in [0.25, 0.3) is 10.0 Å². The SMILES string of the molecule is Cn1ncc2ccc(NS(=O)(=O)c3c[nH]c4cc(C(F)(F)F)ccc34)cc21. The summed E-state index contributed by atoms with van der Waals surface area (Å²) in [6, 6.07) is 7.85. The number of H-pyrrole nitrogens is 1. The zero-order valence-corrected chi connectivity index (χ0v) is 14.7. The molecule has 4 rings (SSSR count). The summed E-state index contributed by atoms with van der Waals surface area (Å²) in [5.74, 6) is 0. The van der Waals surface area contributed by atoms with E-state index >= 15 is 0 Å². The van der Waals surface area contributed by atoms with Gasteiger partial charge in [0.15, 0.2) is 0 Å². The second kappa shape index (κ2) is 5.74. The van der Waals surface area contributed by atoms with Crippen LogP contribution in [-0.2, 0) is 23.2 Å². The van der Waals surface area contributed by atoms with E-state index in [2.05, 4.69) is 14.8 Å². The number of hydrogen-bond donors (Lipinski definition) is 2. The molecule has 0 saturated heterocycles. The zero-order valence-electron chi connectivity index (χ0n) is 13.9. The molecule has 0 fully saturated rings. The summed E-state index contributed by atoms with van der Waals surface area (Å²) in [5, 5.41) is 5.13. The minimum absolute atomic E-state index is 0.0901. The highest BCUT2D eigenvalue weighted by atomic mass is 32.2. The van der Waals surface area contributed by atoms with E-state index in [1.54, 1.807) is 36.1 Å². The Balaban J connectivity index is 1.73. The molecule has 2 aromatic carbocycles. The van der Waals surface area contributed by atoms with Gasteiger partial charge >= 0.3 is 6.18 Å². The van der Waals surface area contributed by atoms with E-state index in [0.29, 0.717) is 5.69 Å². The van der Waals surface area contributed by atoms with Crippen molar-refractivity contribution in [2.24, 2.45) is 7.05 Å². The first-order chi connectivity index (χ1) is 12.6. The molecule has 2 heterocycles. The predicted molar refractivity (Wildman–Crippen MR) is 94.8 cm³/mol. The number of nitrogens with one attached hydrogen (secondary N) is 2. The normalized spacial score (nSPS) is 12.7. The third-order valence-electron chi connectivity index (χ3n) is 4.26. The van der Waals surface area contributed by atoms with Gasteiger partial charge in [-0.15, -0.1) is 0 Å². The topological polar surface area (TPSA) is 79.8 Å². The maximum atomic E-state index is 12.8. The molecule has 27 heavy (non-hydrogen) atoms. The lowest BCUT2D eigenvalue weighted by Gasteiger charge is -2.09. The molecular weight excluding hydrogens is 381 g/mol. The van der Waals surface area contributed by atoms with Crippen LogP contribution < -0.4 is 4.72 Å². The minimum Gasteiger partial charge on any atom is -0.360 e. The number of halogens is 3. The van der Waals surface area contributed by atoms with Crippen molar-refractivity contribution in [1.29, 1.82) is 0 Å². The van der Waals surface area contributed by atoms with Gasteiger partial charge in [-0.05, 0) is 30.3 Å². The van der Waals surface area contributed by atoms with Crippen molar-refractivity contribution in [3.05, 3.63) is 54.4 Å². The van der Waals surface area contributed by atoms with Crippen molar-refractivity contribution in [3.63, 3.8) is 0 Å². The van der Waals surface area contributed by atoms with Gasteiger partial charge in [0, 0.05) is 29.5 Å². The number of sulfonamides is 1. The number of benzene rings is 2. The van der Waals surface area contributed by atoms with Crippen molar-refractivity contribution >= 4 is 37.5 Å². The number of rotatable bonds is 3. The number of fused-ring (bicyclic) bond motifs is 2. The average molecular weight is 394 g/mol. The van der Waals surface area contributed by atoms with Gasteiger partial charge in [-0.1, -0.05) is 6.07 Å². The third-order valence-corrected chi connectivity index (χ3v) is 5.68. The highest BCUT2D eigenvalue weighted by Crippen LogP contribution is 2.33. The maximum absolute atomic E-state index is 12.8. The van der Waals surface area contributed by atoms with Crippen LogP contribution in [0.4, 0.5) is 18.9 Å². The monoisotopic (exact) mass is 394 g/mol. The largest absolute Gasteiger partial charge is 0.416 e. The van der Waals surface area contributed by atoms with Crippen LogP contribution in [0.2, 0.25) is 0 Å². The summed E-state index contributed by atoms with van der Waals surface area (Å²) in [6.45, 7) is 0. The van der Waals surface area contributed by atoms with Crippen LogP contribution in [0.3, 0.4) is 0 Å². The van der Waals surface area contributed by atoms with Gasteiger partial charge in [0.05, 0.1) is 23.0 Å². The Labute approximate surface area is 151 Å². The molecule has 0 radical (unpaired) electrons. The molecule has 140 valence electrons. The van der Waals surface area contributed by atoms with Crippen molar-refractivity contribution in [2.75, 3.05) is 4.72 Å². The number of aromatic amines is 1. The Hall–Kier alpha value is -3.01. The van der Waals surface area contributed by atoms with Crippen molar-refractivity contribution in [1.82, 2.24) is 14.8 Å². The van der Waals surface area contributed by atoms with Gasteiger partial charge in [0.2, 0.25) is 0 Å². The van der Waals surface area contributed by atoms with Crippen LogP contribution in [0.15, 0.2) is 53.7 Å². The highest BCUT2D eigenvalue weighted by Gasteiger charge is 2.31. The molecule has 0 spiro atoms. The first-order valence-corrected chi connectivity index (χ1v) is 9.26. The fraction of sp³-hybridized carbons (Fsp3) is 0.118. The van der Waals surface area contributed by atoms with E-state index in [-0.39, 0.29) is 15.8 Å². The summed E-state index contributed by atoms with van der Waals surface area (Å²) in [4.78, 5) is 2.47. The Morgan fingerprint density at radius 1 is 1.15 bits per heavy atom. The number of aryl methyl sites for hydroxylation is 1. The number of aromatic nitrogens is 3. The third kappa shape index (κ3) is 3.01. The lowest BCUT2D eigenvalue weighted by atomic mass is 10.1. The minimum atomic E-state index is -4.50. The molecule has 0 aliphatic rings. The Bertz CT molecular complexity index is 1270. The lowest BCUT2D eigenvalue weighted by Crippen LogP contribution is -2.12. The van der Waals surface area contributed by atoms with Crippen molar-refractivity contribution in [2.45, 2.75) is 11.1 Å². The summed E-state index contributed by atoms with van der Waals surface area (Å²) >= 11 is 0. The standard InChI is InChI=1S/C17H13F3N4O2S/c1-24-15-7-12(4-2-10(15)8-22-24)23-27(25,26)16-9-21-14-6-11(17(18,19)20)3-5-13(14)16/h2-9,21,23H,1H3. The molecule has 6 nitrogen and oxygen atoms in total. The molecule has 10 heteroatoms. The second-order valence-corrected chi connectivity index (χ2v) is 7.71. The summed E-state index contributed by atoms with van der Waals surface area (Å²) in [6.07, 6.45) is -1.67. The van der Waals surface area contributed by atoms with E-state index in [9.17, 15) is 21.6 Å². The highest BCUT2D eigenvalue weighted by molar-refractivity contribution is 7.93. The molecule has 0 saturated carbocycles. The molecule has 0 atom stereocenters. The van der Waals surface area contributed by atoms with Gasteiger partial charge in [-0.2, -0.15) is 18.3 Å². The summed E-state index contributed by atoms with van der Waals surface area (Å²) in [7, 11) is -2.27. The number of anilines is 1. The lowest BCUT2D eigenvalue weighted by molar-refractivity contribution is -0.137. The second-order valence-electron chi connectivity index (χ2n) is 6.06. The van der Waals surface area contributed by atoms with Crippen LogP contribution in [-0.4, -0.2) is 23.2 Å². The van der Waals surface area contributed by atoms with E-state index in [0.717, 1.165) is 29.1 Å². The molecule has 0 aliphatic carbocycles. The van der Waals surface area contributed by atoms with E-state index < -0.39 is 21.8 Å². The Morgan fingerprint density at radius 3 is 2.67 bits per heavy atom. The maximum Gasteiger partial charge on any atom is 0.416 e. The van der Waals surface area contributed by atoms with Crippen LogP contribution in [0.1, 0.15) is 5.56 Å². The fourth-order valence-corrected chi connectivity index (χ4v) is 4.14. The molecular formula is C17H13F3N4O2S. The molecule has 0 unspecified atom stereocenters. The number of hydrogen-bond acceptors (Lipinski definition) is 3. The van der Waals surface area contributed by atoms with E-state index in [4.69, 9.17) is 0 Å². The summed E-state index contributed by atoms with van der Waals surface area (Å²) in [5.41, 5.74) is 0.305. The Morgan fingerprint density at radius 2 is 1.93 bits per heavy atom. The molecule has 2 aromatic heterocycles. The smallest absolute Gasteiger partial charge is 0.360 e. The van der Waals surface area contributed by atoms with Gasteiger partial charge in [-0.3, -0.25) is 9.40 Å². The number of nitrogens with zero attached hydrogens (tertiary/aromatic N) is 2. The van der Waals surface area contributed by atoms with Crippen LogP contribution in [0.5, 0.6) is 0 Å². The van der Waals surface area contributed by atoms with E-state index in [1.807, 2.05) is 0 Å².